The second-order valence-electron chi connectivity index (χ2n) is 5.66. The maximum absolute atomic E-state index is 13.7. The van der Waals surface area contributed by atoms with Gasteiger partial charge < -0.3 is 5.32 Å². The van der Waals surface area contributed by atoms with E-state index in [0.717, 1.165) is 11.1 Å². The van der Waals surface area contributed by atoms with Crippen molar-refractivity contribution in [3.8, 4) is 0 Å². The van der Waals surface area contributed by atoms with E-state index in [1.54, 1.807) is 19.1 Å². The number of nitrogens with one attached hydrogen (secondary N) is 1. The van der Waals surface area contributed by atoms with Crippen LogP contribution in [0.3, 0.4) is 0 Å². The van der Waals surface area contributed by atoms with Gasteiger partial charge in [-0.1, -0.05) is 66.7 Å². The lowest BCUT2D eigenvalue weighted by atomic mass is 9.90. The van der Waals surface area contributed by atoms with Crippen LogP contribution in [0.5, 0.6) is 0 Å². The Kier molecular flexibility index (Phi) is 4.71. The summed E-state index contributed by atoms with van der Waals surface area (Å²) in [4.78, 5) is 12.9. The lowest BCUT2D eigenvalue weighted by Gasteiger charge is -2.19. The van der Waals surface area contributed by atoms with Gasteiger partial charge in [0.2, 0.25) is 5.91 Å². The van der Waals surface area contributed by atoms with Crippen LogP contribution in [-0.4, -0.2) is 5.91 Å². The van der Waals surface area contributed by atoms with Crippen LogP contribution in [0.25, 0.3) is 0 Å². The van der Waals surface area contributed by atoms with E-state index in [1.807, 2.05) is 60.7 Å². The van der Waals surface area contributed by atoms with E-state index in [0.29, 0.717) is 11.3 Å². The molecule has 2 nitrogen and oxygen atoms in total. The first-order chi connectivity index (χ1) is 11.7. The molecule has 0 unspecified atom stereocenters. The Morgan fingerprint density at radius 1 is 0.833 bits per heavy atom. The van der Waals surface area contributed by atoms with Gasteiger partial charge in [-0.2, -0.15) is 0 Å². The normalized spacial score (nSPS) is 10.6. The lowest BCUT2D eigenvalue weighted by molar-refractivity contribution is -0.116. The lowest BCUT2D eigenvalue weighted by Crippen LogP contribution is -2.22. The van der Waals surface area contributed by atoms with Crippen molar-refractivity contribution in [2.45, 2.75) is 12.8 Å². The van der Waals surface area contributed by atoms with E-state index >= 15 is 0 Å². The van der Waals surface area contributed by atoms with Gasteiger partial charge in [-0.25, -0.2) is 4.39 Å². The van der Waals surface area contributed by atoms with Gasteiger partial charge in [0.05, 0.1) is 5.92 Å². The Bertz CT molecular complexity index is 791. The number of rotatable bonds is 4. The van der Waals surface area contributed by atoms with Crippen molar-refractivity contribution >= 4 is 11.6 Å². The summed E-state index contributed by atoms with van der Waals surface area (Å²) in [5.74, 6) is -0.958. The first-order valence-corrected chi connectivity index (χ1v) is 7.82. The molecule has 3 aromatic carbocycles. The predicted molar refractivity (Wildman–Crippen MR) is 94.5 cm³/mol. The molecule has 24 heavy (non-hydrogen) atoms. The van der Waals surface area contributed by atoms with Gasteiger partial charge in [0.25, 0.3) is 0 Å². The van der Waals surface area contributed by atoms with Crippen LogP contribution in [0.15, 0.2) is 78.9 Å². The molecule has 1 N–H and O–H groups in total. The van der Waals surface area contributed by atoms with Crippen molar-refractivity contribution < 1.29 is 9.18 Å². The summed E-state index contributed by atoms with van der Waals surface area (Å²) < 4.78 is 13.7. The molecule has 0 saturated heterocycles. The van der Waals surface area contributed by atoms with Gasteiger partial charge in [0, 0.05) is 11.3 Å². The molecule has 0 fully saturated rings. The highest BCUT2D eigenvalue weighted by atomic mass is 19.1. The number of hydrogen-bond acceptors (Lipinski definition) is 1. The Labute approximate surface area is 141 Å². The van der Waals surface area contributed by atoms with Gasteiger partial charge in [-0.05, 0) is 30.2 Å². The zero-order valence-corrected chi connectivity index (χ0v) is 13.4. The van der Waals surface area contributed by atoms with E-state index in [9.17, 15) is 9.18 Å². The summed E-state index contributed by atoms with van der Waals surface area (Å²) >= 11 is 0. The Morgan fingerprint density at radius 2 is 1.38 bits per heavy atom. The van der Waals surface area contributed by atoms with Crippen LogP contribution >= 0.6 is 0 Å². The fourth-order valence-corrected chi connectivity index (χ4v) is 2.73. The largest absolute Gasteiger partial charge is 0.325 e. The molecule has 0 atom stereocenters. The first-order valence-electron chi connectivity index (χ1n) is 7.82. The zero-order valence-electron chi connectivity index (χ0n) is 13.4. The van der Waals surface area contributed by atoms with Crippen molar-refractivity contribution in [2.24, 2.45) is 0 Å². The standard InChI is InChI=1S/C21H18FNO/c1-15-18(22)13-8-14-19(15)23-21(24)20(16-9-4-2-5-10-16)17-11-6-3-7-12-17/h2-14,20H,1H3,(H,23,24). The van der Waals surface area contributed by atoms with Gasteiger partial charge in [-0.3, -0.25) is 4.79 Å². The summed E-state index contributed by atoms with van der Waals surface area (Å²) in [7, 11) is 0. The van der Waals surface area contributed by atoms with Gasteiger partial charge in [0.15, 0.2) is 0 Å². The SMILES string of the molecule is Cc1c(F)cccc1NC(=O)C(c1ccccc1)c1ccccc1. The van der Waals surface area contributed by atoms with Crippen LogP contribution in [0.4, 0.5) is 10.1 Å². The molecule has 3 aromatic rings. The minimum atomic E-state index is -0.449. The highest BCUT2D eigenvalue weighted by Crippen LogP contribution is 2.27. The first kappa shape index (κ1) is 15.9. The molecule has 0 spiro atoms. The van der Waals surface area contributed by atoms with Crippen molar-refractivity contribution in [1.29, 1.82) is 0 Å². The summed E-state index contributed by atoms with van der Waals surface area (Å²) in [5.41, 5.74) is 2.73. The molecule has 0 radical (unpaired) electrons. The number of amides is 1. The number of benzene rings is 3. The average Bonchev–Trinajstić information content (AvgIpc) is 2.61. The van der Waals surface area contributed by atoms with E-state index < -0.39 is 5.92 Å². The van der Waals surface area contributed by atoms with Crippen LogP contribution in [0, 0.1) is 12.7 Å². The second kappa shape index (κ2) is 7.09. The molecule has 3 heteroatoms. The topological polar surface area (TPSA) is 29.1 Å². The van der Waals surface area contributed by atoms with Crippen LogP contribution in [-0.2, 0) is 4.79 Å². The fraction of sp³-hybridized carbons (Fsp3) is 0.0952. The third kappa shape index (κ3) is 3.35. The highest BCUT2D eigenvalue weighted by Gasteiger charge is 2.23. The monoisotopic (exact) mass is 319 g/mol. The molecule has 3 rings (SSSR count). The maximum atomic E-state index is 13.7. The molecule has 0 heterocycles. The summed E-state index contributed by atoms with van der Waals surface area (Å²) in [6.07, 6.45) is 0. The molecule has 1 amide bonds. The van der Waals surface area contributed by atoms with Gasteiger partial charge >= 0.3 is 0 Å². The predicted octanol–water partition coefficient (Wildman–Crippen LogP) is 4.90. The number of carbonyl (C=O) groups excluding carboxylic acids is 1. The van der Waals surface area contributed by atoms with Gasteiger partial charge in [-0.15, -0.1) is 0 Å². The highest BCUT2D eigenvalue weighted by molar-refractivity contribution is 5.98. The molecule has 0 saturated carbocycles. The van der Waals surface area contributed by atoms with E-state index in [1.165, 1.54) is 6.07 Å². The summed E-state index contributed by atoms with van der Waals surface area (Å²) in [5, 5.41) is 2.87. The maximum Gasteiger partial charge on any atom is 0.236 e. The van der Waals surface area contributed by atoms with E-state index in [4.69, 9.17) is 0 Å². The average molecular weight is 319 g/mol. The van der Waals surface area contributed by atoms with Crippen molar-refractivity contribution in [2.75, 3.05) is 5.32 Å². The molecular formula is C21H18FNO. The van der Waals surface area contributed by atoms with Crippen molar-refractivity contribution in [1.82, 2.24) is 0 Å². The van der Waals surface area contributed by atoms with Crippen LogP contribution in [0.2, 0.25) is 0 Å². The molecule has 0 aliphatic carbocycles. The van der Waals surface area contributed by atoms with E-state index in [-0.39, 0.29) is 11.7 Å². The smallest absolute Gasteiger partial charge is 0.236 e. The number of halogens is 1. The van der Waals surface area contributed by atoms with Crippen LogP contribution < -0.4 is 5.32 Å². The Balaban J connectivity index is 1.97. The summed E-state index contributed by atoms with van der Waals surface area (Å²) in [6, 6.07) is 23.9. The van der Waals surface area contributed by atoms with E-state index in [2.05, 4.69) is 5.32 Å². The molecule has 0 aromatic heterocycles. The second-order valence-corrected chi connectivity index (χ2v) is 5.66. The zero-order chi connectivity index (χ0) is 16.9. The van der Waals surface area contributed by atoms with Crippen LogP contribution in [0.1, 0.15) is 22.6 Å². The molecule has 0 aliphatic heterocycles. The molecule has 0 aliphatic rings. The number of carbonyl (C=O) groups is 1. The molecule has 120 valence electrons. The Morgan fingerprint density at radius 3 is 1.92 bits per heavy atom. The number of hydrogen-bond donors (Lipinski definition) is 1. The number of anilines is 1. The fourth-order valence-electron chi connectivity index (χ4n) is 2.73. The molecular weight excluding hydrogens is 301 g/mol. The van der Waals surface area contributed by atoms with Gasteiger partial charge in [0.1, 0.15) is 5.82 Å². The quantitative estimate of drug-likeness (QED) is 0.728. The minimum Gasteiger partial charge on any atom is -0.325 e. The van der Waals surface area contributed by atoms with Crippen molar-refractivity contribution in [3.63, 3.8) is 0 Å². The Hall–Kier alpha value is -2.94. The third-order valence-electron chi connectivity index (χ3n) is 4.05. The van der Waals surface area contributed by atoms with Crippen molar-refractivity contribution in [3.05, 3.63) is 101 Å². The minimum absolute atomic E-state index is 0.180. The molecule has 0 bridgehead atoms. The third-order valence-corrected chi connectivity index (χ3v) is 4.05. The summed E-state index contributed by atoms with van der Waals surface area (Å²) in [6.45, 7) is 1.66.